The van der Waals surface area contributed by atoms with Crippen LogP contribution in [0.5, 0.6) is 5.75 Å². The average molecular weight is 461 g/mol. The van der Waals surface area contributed by atoms with Crippen molar-refractivity contribution < 1.29 is 9.53 Å². The van der Waals surface area contributed by atoms with E-state index in [1.54, 1.807) is 0 Å². The maximum absolute atomic E-state index is 13.8. The van der Waals surface area contributed by atoms with Gasteiger partial charge in [0, 0.05) is 34.8 Å². The van der Waals surface area contributed by atoms with Crippen LogP contribution in [0, 0.1) is 0 Å². The number of pyridine rings is 1. The van der Waals surface area contributed by atoms with E-state index in [1.165, 1.54) is 5.56 Å². The lowest BCUT2D eigenvalue weighted by Crippen LogP contribution is -2.29. The molecule has 0 fully saturated rings. The summed E-state index contributed by atoms with van der Waals surface area (Å²) < 4.78 is 5.79. The van der Waals surface area contributed by atoms with E-state index in [1.807, 2.05) is 30.5 Å². The van der Waals surface area contributed by atoms with E-state index >= 15 is 0 Å². The summed E-state index contributed by atoms with van der Waals surface area (Å²) >= 11 is 0. The molecular weight excluding hydrogens is 432 g/mol. The van der Waals surface area contributed by atoms with Crippen molar-refractivity contribution in [1.29, 1.82) is 0 Å². The molecule has 0 saturated heterocycles. The smallest absolute Gasteiger partial charge is 0.162 e. The number of anilines is 1. The molecule has 0 amide bonds. The van der Waals surface area contributed by atoms with Gasteiger partial charge in [-0.2, -0.15) is 0 Å². The Balaban J connectivity index is 1.49. The topological polar surface area (TPSA) is 51.2 Å². The van der Waals surface area contributed by atoms with Crippen LogP contribution in [0.3, 0.4) is 0 Å². The number of carbonyl (C=O) groups excluding carboxylic acids is 1. The first-order valence-electron chi connectivity index (χ1n) is 12.4. The summed E-state index contributed by atoms with van der Waals surface area (Å²) in [6, 6.07) is 26.7. The van der Waals surface area contributed by atoms with Gasteiger partial charge in [-0.25, -0.2) is 0 Å². The van der Waals surface area contributed by atoms with Crippen LogP contribution < -0.4 is 10.1 Å². The molecule has 35 heavy (non-hydrogen) atoms. The molecule has 1 aliphatic carbocycles. The fourth-order valence-corrected chi connectivity index (χ4v) is 5.52. The zero-order chi connectivity index (χ0) is 23.8. The molecule has 1 aromatic heterocycles. The maximum Gasteiger partial charge on any atom is 0.162 e. The van der Waals surface area contributed by atoms with Crippen LogP contribution in [-0.4, -0.2) is 17.4 Å². The second kappa shape index (κ2) is 9.03. The van der Waals surface area contributed by atoms with Crippen molar-refractivity contribution in [1.82, 2.24) is 4.98 Å². The van der Waals surface area contributed by atoms with Crippen LogP contribution in [0.15, 0.2) is 90.6 Å². The lowest BCUT2D eigenvalue weighted by molar-refractivity contribution is -0.116. The number of nitrogens with zero attached hydrogens (tertiary/aromatic N) is 1. The summed E-state index contributed by atoms with van der Waals surface area (Å²) in [6.45, 7) is 2.80. The van der Waals surface area contributed by atoms with Gasteiger partial charge in [0.05, 0.1) is 18.2 Å². The van der Waals surface area contributed by atoms with Crippen molar-refractivity contribution >= 4 is 27.9 Å². The van der Waals surface area contributed by atoms with E-state index in [0.717, 1.165) is 57.5 Å². The molecule has 1 aliphatic heterocycles. The van der Waals surface area contributed by atoms with Crippen molar-refractivity contribution in [3.05, 3.63) is 107 Å². The van der Waals surface area contributed by atoms with Crippen LogP contribution in [0.1, 0.15) is 54.8 Å². The van der Waals surface area contributed by atoms with Gasteiger partial charge in [-0.1, -0.05) is 55.5 Å². The third-order valence-corrected chi connectivity index (χ3v) is 7.14. The minimum absolute atomic E-state index is 0.172. The lowest BCUT2D eigenvalue weighted by Gasteiger charge is -2.37. The van der Waals surface area contributed by atoms with E-state index in [4.69, 9.17) is 4.74 Å². The van der Waals surface area contributed by atoms with Crippen LogP contribution in [-0.2, 0) is 4.79 Å². The number of allylic oxidation sites excluding steroid dienone is 1. The Bertz CT molecular complexity index is 1420. The highest BCUT2D eigenvalue weighted by atomic mass is 16.5. The Hall–Kier alpha value is -3.92. The average Bonchev–Trinajstić information content (AvgIpc) is 2.91. The third kappa shape index (κ3) is 3.89. The minimum Gasteiger partial charge on any atom is -0.494 e. The molecule has 0 spiro atoms. The zero-order valence-electron chi connectivity index (χ0n) is 19.8. The maximum atomic E-state index is 13.8. The SMILES string of the molecule is CCCOc1ccc([C@@H]2Nc3ccc4ncccc4c3C3=C2C(=O)C[C@H](c2ccccc2)C3)cc1. The van der Waals surface area contributed by atoms with Gasteiger partial charge in [-0.15, -0.1) is 0 Å². The van der Waals surface area contributed by atoms with E-state index in [-0.39, 0.29) is 17.7 Å². The quantitative estimate of drug-likeness (QED) is 0.345. The minimum atomic E-state index is -0.184. The number of rotatable bonds is 5. The molecule has 2 heterocycles. The second-order valence-corrected chi connectivity index (χ2v) is 9.38. The first-order chi connectivity index (χ1) is 17.2. The molecule has 0 unspecified atom stereocenters. The van der Waals surface area contributed by atoms with Gasteiger partial charge in [-0.3, -0.25) is 9.78 Å². The van der Waals surface area contributed by atoms with Crippen LogP contribution in [0.2, 0.25) is 0 Å². The molecule has 0 bridgehead atoms. The van der Waals surface area contributed by atoms with Crippen molar-refractivity contribution in [2.75, 3.05) is 11.9 Å². The van der Waals surface area contributed by atoms with E-state index in [0.29, 0.717) is 13.0 Å². The summed E-state index contributed by atoms with van der Waals surface area (Å²) in [5, 5.41) is 4.80. The van der Waals surface area contributed by atoms with Crippen LogP contribution in [0.4, 0.5) is 5.69 Å². The highest BCUT2D eigenvalue weighted by Gasteiger charge is 2.38. The van der Waals surface area contributed by atoms with Gasteiger partial charge in [0.2, 0.25) is 0 Å². The number of carbonyl (C=O) groups is 1. The molecule has 174 valence electrons. The zero-order valence-corrected chi connectivity index (χ0v) is 19.8. The van der Waals surface area contributed by atoms with Gasteiger partial charge in [-0.05, 0) is 65.8 Å². The highest BCUT2D eigenvalue weighted by molar-refractivity contribution is 6.12. The van der Waals surface area contributed by atoms with Crippen molar-refractivity contribution in [3.8, 4) is 5.75 Å². The summed E-state index contributed by atoms with van der Waals surface area (Å²) in [5.74, 6) is 1.25. The fraction of sp³-hybridized carbons (Fsp3) is 0.226. The number of hydrogen-bond donors (Lipinski definition) is 1. The molecule has 1 N–H and O–H groups in total. The molecule has 4 nitrogen and oxygen atoms in total. The van der Waals surface area contributed by atoms with Crippen LogP contribution >= 0.6 is 0 Å². The molecule has 0 radical (unpaired) electrons. The number of fused-ring (bicyclic) bond motifs is 4. The number of ether oxygens (including phenoxy) is 1. The van der Waals surface area contributed by atoms with Crippen molar-refractivity contribution in [2.24, 2.45) is 0 Å². The van der Waals surface area contributed by atoms with Gasteiger partial charge >= 0.3 is 0 Å². The molecule has 4 aromatic rings. The predicted octanol–water partition coefficient (Wildman–Crippen LogP) is 7.09. The molecule has 3 aromatic carbocycles. The molecular formula is C31H28N2O2. The van der Waals surface area contributed by atoms with Gasteiger partial charge in [0.1, 0.15) is 5.75 Å². The van der Waals surface area contributed by atoms with E-state index in [9.17, 15) is 4.79 Å². The summed E-state index contributed by atoms with van der Waals surface area (Å²) in [6.07, 6.45) is 4.15. The first kappa shape index (κ1) is 21.6. The Morgan fingerprint density at radius 1 is 0.914 bits per heavy atom. The Morgan fingerprint density at radius 2 is 1.74 bits per heavy atom. The van der Waals surface area contributed by atoms with Crippen molar-refractivity contribution in [2.45, 2.75) is 38.1 Å². The van der Waals surface area contributed by atoms with Gasteiger partial charge in [0.25, 0.3) is 0 Å². The molecule has 0 saturated carbocycles. The lowest BCUT2D eigenvalue weighted by atomic mass is 9.72. The van der Waals surface area contributed by atoms with E-state index < -0.39 is 0 Å². The second-order valence-electron chi connectivity index (χ2n) is 9.38. The predicted molar refractivity (Wildman–Crippen MR) is 141 cm³/mol. The Kier molecular flexibility index (Phi) is 5.57. The number of nitrogens with one attached hydrogen (secondary N) is 1. The largest absolute Gasteiger partial charge is 0.494 e. The van der Waals surface area contributed by atoms with Crippen LogP contribution in [0.25, 0.3) is 16.5 Å². The molecule has 2 atom stereocenters. The van der Waals surface area contributed by atoms with Crippen molar-refractivity contribution in [3.63, 3.8) is 0 Å². The third-order valence-electron chi connectivity index (χ3n) is 7.14. The summed E-state index contributed by atoms with van der Waals surface area (Å²) in [7, 11) is 0. The van der Waals surface area contributed by atoms with Gasteiger partial charge < -0.3 is 10.1 Å². The Labute approximate surface area is 205 Å². The summed E-state index contributed by atoms with van der Waals surface area (Å²) in [5.41, 5.74) is 7.47. The monoisotopic (exact) mass is 460 g/mol. The Morgan fingerprint density at radius 3 is 2.54 bits per heavy atom. The highest BCUT2D eigenvalue weighted by Crippen LogP contribution is 2.50. The normalized spacial score (nSPS) is 19.2. The molecule has 6 rings (SSSR count). The van der Waals surface area contributed by atoms with E-state index in [2.05, 4.69) is 71.8 Å². The standard InChI is InChI=1S/C31H28N2O2/c1-2-17-35-23-12-10-21(11-13-23)31-30-25(18-22(19-28(30)34)20-7-4-3-5-8-20)29-24-9-6-16-32-26(24)14-15-27(29)33-31/h3-16,22,31,33H,2,17-19H2,1H3/t22-,31+/m1/s1. The van der Waals surface area contributed by atoms with Gasteiger partial charge in [0.15, 0.2) is 5.78 Å². The molecule has 2 aliphatic rings. The number of Topliss-reactive ketones (excluding diaryl/α,β-unsaturated/α-hetero) is 1. The number of benzene rings is 3. The number of hydrogen-bond acceptors (Lipinski definition) is 4. The molecule has 4 heteroatoms. The number of aromatic nitrogens is 1. The fourth-order valence-electron chi connectivity index (χ4n) is 5.52. The first-order valence-corrected chi connectivity index (χ1v) is 12.4. The number of ketones is 1. The summed E-state index contributed by atoms with van der Waals surface area (Å²) in [4.78, 5) is 18.4.